The molecule has 0 radical (unpaired) electrons. The second-order valence-corrected chi connectivity index (χ2v) is 4.20. The van der Waals surface area contributed by atoms with Gasteiger partial charge in [-0.2, -0.15) is 10.4 Å². The van der Waals surface area contributed by atoms with E-state index in [0.29, 0.717) is 11.3 Å². The van der Waals surface area contributed by atoms with Crippen molar-refractivity contribution in [3.8, 4) is 17.3 Å². The summed E-state index contributed by atoms with van der Waals surface area (Å²) in [5.41, 5.74) is 8.92. The van der Waals surface area contributed by atoms with Crippen LogP contribution in [0.15, 0.2) is 30.5 Å². The number of anilines is 1. The molecule has 0 bridgehead atoms. The van der Waals surface area contributed by atoms with Crippen LogP contribution in [0.5, 0.6) is 0 Å². The van der Waals surface area contributed by atoms with E-state index < -0.39 is 0 Å². The fourth-order valence-electron chi connectivity index (χ4n) is 1.60. The Labute approximate surface area is 100 Å². The Hall–Kier alpha value is -2.28. The van der Waals surface area contributed by atoms with E-state index >= 15 is 0 Å². The molecule has 0 saturated heterocycles. The number of aromatic nitrogens is 2. The predicted octanol–water partition coefficient (Wildman–Crippen LogP) is 2.58. The maximum absolute atomic E-state index is 8.74. The van der Waals surface area contributed by atoms with Gasteiger partial charge in [0, 0.05) is 17.8 Å². The molecule has 1 aromatic carbocycles. The third kappa shape index (κ3) is 2.13. The van der Waals surface area contributed by atoms with Crippen LogP contribution in [0.2, 0.25) is 0 Å². The highest BCUT2D eigenvalue weighted by Crippen LogP contribution is 2.25. The number of nitrogen functional groups attached to an aromatic ring is 1. The standard InChI is InChI=1S/C13H14N4/c1-9(2)17-8-12(15)13(16-17)11-5-3-10(7-14)4-6-11/h3-6,8-9H,15H2,1-2H3. The van der Waals surface area contributed by atoms with Crippen molar-refractivity contribution in [2.24, 2.45) is 0 Å². The van der Waals surface area contributed by atoms with Crippen molar-refractivity contribution in [2.45, 2.75) is 19.9 Å². The first-order chi connectivity index (χ1) is 8.11. The summed E-state index contributed by atoms with van der Waals surface area (Å²) in [7, 11) is 0. The van der Waals surface area contributed by atoms with E-state index in [1.165, 1.54) is 0 Å². The molecular formula is C13H14N4. The van der Waals surface area contributed by atoms with Crippen LogP contribution in [-0.4, -0.2) is 9.78 Å². The van der Waals surface area contributed by atoms with Gasteiger partial charge in [0.25, 0.3) is 0 Å². The third-order valence-electron chi connectivity index (χ3n) is 2.58. The number of rotatable bonds is 2. The summed E-state index contributed by atoms with van der Waals surface area (Å²) in [5.74, 6) is 0. The van der Waals surface area contributed by atoms with Gasteiger partial charge < -0.3 is 5.73 Å². The van der Waals surface area contributed by atoms with Crippen molar-refractivity contribution >= 4 is 5.69 Å². The Morgan fingerprint density at radius 2 is 1.94 bits per heavy atom. The SMILES string of the molecule is CC(C)n1cc(N)c(-c2ccc(C#N)cc2)n1. The van der Waals surface area contributed by atoms with E-state index in [-0.39, 0.29) is 6.04 Å². The third-order valence-corrected chi connectivity index (χ3v) is 2.58. The summed E-state index contributed by atoms with van der Waals surface area (Å²) in [6, 6.07) is 9.63. The highest BCUT2D eigenvalue weighted by molar-refractivity contribution is 5.72. The van der Waals surface area contributed by atoms with Gasteiger partial charge in [-0.1, -0.05) is 12.1 Å². The average molecular weight is 226 g/mol. The molecule has 0 unspecified atom stereocenters. The second kappa shape index (κ2) is 4.30. The highest BCUT2D eigenvalue weighted by atomic mass is 15.3. The van der Waals surface area contributed by atoms with Gasteiger partial charge in [-0.15, -0.1) is 0 Å². The summed E-state index contributed by atoms with van der Waals surface area (Å²) in [4.78, 5) is 0. The molecule has 4 nitrogen and oxygen atoms in total. The van der Waals surface area contributed by atoms with Crippen molar-refractivity contribution in [3.63, 3.8) is 0 Å². The summed E-state index contributed by atoms with van der Waals surface area (Å²) >= 11 is 0. The van der Waals surface area contributed by atoms with Gasteiger partial charge in [-0.3, -0.25) is 4.68 Å². The predicted molar refractivity (Wildman–Crippen MR) is 67.2 cm³/mol. The zero-order valence-electron chi connectivity index (χ0n) is 9.88. The minimum absolute atomic E-state index is 0.282. The van der Waals surface area contributed by atoms with Crippen LogP contribution in [0.25, 0.3) is 11.3 Å². The zero-order chi connectivity index (χ0) is 12.4. The highest BCUT2D eigenvalue weighted by Gasteiger charge is 2.09. The maximum atomic E-state index is 8.74. The van der Waals surface area contributed by atoms with Gasteiger partial charge in [0.1, 0.15) is 5.69 Å². The minimum Gasteiger partial charge on any atom is -0.396 e. The molecule has 2 aromatic rings. The Morgan fingerprint density at radius 3 is 2.41 bits per heavy atom. The molecule has 17 heavy (non-hydrogen) atoms. The van der Waals surface area contributed by atoms with Crippen LogP contribution in [0.1, 0.15) is 25.5 Å². The van der Waals surface area contributed by atoms with E-state index in [4.69, 9.17) is 11.0 Å². The Balaban J connectivity index is 2.42. The van der Waals surface area contributed by atoms with Gasteiger partial charge in [0.15, 0.2) is 0 Å². The lowest BCUT2D eigenvalue weighted by Gasteiger charge is -2.03. The molecule has 2 N–H and O–H groups in total. The first kappa shape index (κ1) is 11.2. The van der Waals surface area contributed by atoms with Gasteiger partial charge in [-0.05, 0) is 26.0 Å². The molecule has 1 aromatic heterocycles. The number of nitrogens with two attached hydrogens (primary N) is 1. The summed E-state index contributed by atoms with van der Waals surface area (Å²) < 4.78 is 1.84. The number of benzene rings is 1. The molecule has 0 saturated carbocycles. The fourth-order valence-corrected chi connectivity index (χ4v) is 1.60. The van der Waals surface area contributed by atoms with E-state index in [9.17, 15) is 0 Å². The molecule has 0 fully saturated rings. The van der Waals surface area contributed by atoms with Crippen LogP contribution < -0.4 is 5.73 Å². The van der Waals surface area contributed by atoms with Crippen molar-refractivity contribution in [3.05, 3.63) is 36.0 Å². The van der Waals surface area contributed by atoms with Crippen molar-refractivity contribution in [1.29, 1.82) is 5.26 Å². The molecule has 0 aliphatic rings. The topological polar surface area (TPSA) is 67.6 Å². The van der Waals surface area contributed by atoms with Crippen LogP contribution in [0, 0.1) is 11.3 Å². The summed E-state index contributed by atoms with van der Waals surface area (Å²) in [5, 5.41) is 13.2. The van der Waals surface area contributed by atoms with Gasteiger partial charge in [-0.25, -0.2) is 0 Å². The number of hydrogen-bond acceptors (Lipinski definition) is 3. The van der Waals surface area contributed by atoms with Gasteiger partial charge >= 0.3 is 0 Å². The minimum atomic E-state index is 0.282. The maximum Gasteiger partial charge on any atom is 0.115 e. The van der Waals surface area contributed by atoms with E-state index in [0.717, 1.165) is 11.3 Å². The number of hydrogen-bond donors (Lipinski definition) is 1. The molecule has 86 valence electrons. The Kier molecular flexibility index (Phi) is 2.84. The fraction of sp³-hybridized carbons (Fsp3) is 0.231. The van der Waals surface area contributed by atoms with E-state index in [2.05, 4.69) is 25.0 Å². The average Bonchev–Trinajstić information content (AvgIpc) is 2.72. The lowest BCUT2D eigenvalue weighted by molar-refractivity contribution is 0.534. The monoisotopic (exact) mass is 226 g/mol. The normalized spacial score (nSPS) is 10.5. The van der Waals surface area contributed by atoms with Crippen LogP contribution in [0.4, 0.5) is 5.69 Å². The molecule has 0 spiro atoms. The van der Waals surface area contributed by atoms with Crippen molar-refractivity contribution in [2.75, 3.05) is 5.73 Å². The Morgan fingerprint density at radius 1 is 1.29 bits per heavy atom. The molecular weight excluding hydrogens is 212 g/mol. The smallest absolute Gasteiger partial charge is 0.115 e. The molecule has 4 heteroatoms. The number of nitrogens with zero attached hydrogens (tertiary/aromatic N) is 3. The first-order valence-corrected chi connectivity index (χ1v) is 5.47. The molecule has 0 aliphatic carbocycles. The molecule has 0 atom stereocenters. The Bertz CT molecular complexity index is 558. The molecule has 1 heterocycles. The van der Waals surface area contributed by atoms with Crippen LogP contribution in [-0.2, 0) is 0 Å². The lowest BCUT2D eigenvalue weighted by atomic mass is 10.1. The van der Waals surface area contributed by atoms with Crippen molar-refractivity contribution < 1.29 is 0 Å². The molecule has 0 aliphatic heterocycles. The van der Waals surface area contributed by atoms with Gasteiger partial charge in [0.05, 0.1) is 17.3 Å². The molecule has 0 amide bonds. The molecule has 2 rings (SSSR count). The van der Waals surface area contributed by atoms with Crippen molar-refractivity contribution in [1.82, 2.24) is 9.78 Å². The van der Waals surface area contributed by atoms with Crippen LogP contribution >= 0.6 is 0 Å². The van der Waals surface area contributed by atoms with E-state index in [1.807, 2.05) is 23.0 Å². The van der Waals surface area contributed by atoms with E-state index in [1.54, 1.807) is 12.1 Å². The number of nitriles is 1. The quantitative estimate of drug-likeness (QED) is 0.855. The lowest BCUT2D eigenvalue weighted by Crippen LogP contribution is -2.00. The largest absolute Gasteiger partial charge is 0.396 e. The second-order valence-electron chi connectivity index (χ2n) is 4.20. The van der Waals surface area contributed by atoms with Gasteiger partial charge in [0.2, 0.25) is 0 Å². The van der Waals surface area contributed by atoms with Crippen LogP contribution in [0.3, 0.4) is 0 Å². The summed E-state index contributed by atoms with van der Waals surface area (Å²) in [6.07, 6.45) is 1.83. The first-order valence-electron chi connectivity index (χ1n) is 5.47. The summed E-state index contributed by atoms with van der Waals surface area (Å²) in [6.45, 7) is 4.10. The zero-order valence-corrected chi connectivity index (χ0v) is 9.88.